The molecule has 0 aromatic heterocycles. The van der Waals surface area contributed by atoms with Crippen LogP contribution in [-0.2, 0) is 4.79 Å². The molecule has 0 heterocycles. The zero-order chi connectivity index (χ0) is 13.3. The summed E-state index contributed by atoms with van der Waals surface area (Å²) in [5, 5.41) is 11.8. The molecule has 17 heavy (non-hydrogen) atoms. The van der Waals surface area contributed by atoms with Gasteiger partial charge in [-0.25, -0.2) is 9.59 Å². The zero-order valence-electron chi connectivity index (χ0n) is 11.0. The molecule has 1 rings (SSSR count). The Balaban J connectivity index is 2.49. The molecule has 0 aromatic carbocycles. The molecule has 2 N–H and O–H groups in total. The summed E-state index contributed by atoms with van der Waals surface area (Å²) < 4.78 is 0. The molecule has 0 bridgehead atoms. The van der Waals surface area contributed by atoms with E-state index in [0.29, 0.717) is 6.54 Å². The third-order valence-corrected chi connectivity index (χ3v) is 3.89. The van der Waals surface area contributed by atoms with Gasteiger partial charge in [-0.1, -0.05) is 13.3 Å². The van der Waals surface area contributed by atoms with E-state index in [4.69, 9.17) is 5.11 Å². The van der Waals surface area contributed by atoms with Crippen LogP contribution in [0.25, 0.3) is 0 Å². The van der Waals surface area contributed by atoms with Gasteiger partial charge in [0, 0.05) is 13.6 Å². The van der Waals surface area contributed by atoms with Crippen LogP contribution in [-0.4, -0.2) is 41.1 Å². The SMILES string of the molecule is CN(C(=O)NCC1(C)CCC1)C(C)(C)C(=O)O. The number of nitrogens with zero attached hydrogens (tertiary/aromatic N) is 1. The number of rotatable bonds is 4. The van der Waals surface area contributed by atoms with Crippen LogP contribution in [0.2, 0.25) is 0 Å². The van der Waals surface area contributed by atoms with Crippen molar-refractivity contribution in [1.29, 1.82) is 0 Å². The lowest BCUT2D eigenvalue weighted by atomic mass is 9.70. The van der Waals surface area contributed by atoms with Gasteiger partial charge in [-0.15, -0.1) is 0 Å². The number of urea groups is 1. The van der Waals surface area contributed by atoms with E-state index >= 15 is 0 Å². The molecule has 1 fully saturated rings. The lowest BCUT2D eigenvalue weighted by Gasteiger charge is -2.39. The Morgan fingerprint density at radius 3 is 2.29 bits per heavy atom. The summed E-state index contributed by atoms with van der Waals surface area (Å²) in [6.07, 6.45) is 3.46. The van der Waals surface area contributed by atoms with Crippen molar-refractivity contribution < 1.29 is 14.7 Å². The number of hydrogen-bond donors (Lipinski definition) is 2. The predicted octanol–water partition coefficient (Wildman–Crippen LogP) is 1.68. The van der Waals surface area contributed by atoms with E-state index in [9.17, 15) is 9.59 Å². The van der Waals surface area contributed by atoms with Gasteiger partial charge in [-0.3, -0.25) is 0 Å². The van der Waals surface area contributed by atoms with Gasteiger partial charge in [0.25, 0.3) is 0 Å². The number of aliphatic carboxylic acids is 1. The summed E-state index contributed by atoms with van der Waals surface area (Å²) in [6, 6.07) is -0.328. The molecule has 5 nitrogen and oxygen atoms in total. The number of amides is 2. The second kappa shape index (κ2) is 4.55. The molecular weight excluding hydrogens is 220 g/mol. The van der Waals surface area contributed by atoms with Gasteiger partial charge in [0.1, 0.15) is 5.54 Å². The quantitative estimate of drug-likeness (QED) is 0.788. The van der Waals surface area contributed by atoms with Gasteiger partial charge < -0.3 is 15.3 Å². The minimum absolute atomic E-state index is 0.198. The third-order valence-electron chi connectivity index (χ3n) is 3.89. The standard InChI is InChI=1S/C12H22N2O3/c1-11(2,9(15)16)14(4)10(17)13-8-12(3)6-5-7-12/h5-8H2,1-4H3,(H,13,17)(H,15,16). The number of carboxylic acids is 1. The topological polar surface area (TPSA) is 69.6 Å². The summed E-state index contributed by atoms with van der Waals surface area (Å²) in [4.78, 5) is 24.1. The number of carbonyl (C=O) groups is 2. The largest absolute Gasteiger partial charge is 0.480 e. The maximum atomic E-state index is 11.8. The predicted molar refractivity (Wildman–Crippen MR) is 64.8 cm³/mol. The fourth-order valence-corrected chi connectivity index (χ4v) is 1.76. The Bertz CT molecular complexity index is 322. The van der Waals surface area contributed by atoms with Crippen LogP contribution in [0.1, 0.15) is 40.0 Å². The first-order valence-electron chi connectivity index (χ1n) is 5.94. The molecule has 0 radical (unpaired) electrons. The smallest absolute Gasteiger partial charge is 0.329 e. The van der Waals surface area contributed by atoms with Gasteiger partial charge in [0.15, 0.2) is 0 Å². The number of nitrogens with one attached hydrogen (secondary N) is 1. The second-order valence-electron chi connectivity index (χ2n) is 5.75. The highest BCUT2D eigenvalue weighted by atomic mass is 16.4. The minimum Gasteiger partial charge on any atom is -0.480 e. The first-order valence-corrected chi connectivity index (χ1v) is 5.94. The fraction of sp³-hybridized carbons (Fsp3) is 0.833. The van der Waals surface area contributed by atoms with Crippen LogP contribution in [0.15, 0.2) is 0 Å². The van der Waals surface area contributed by atoms with Crippen molar-refractivity contribution in [2.24, 2.45) is 5.41 Å². The zero-order valence-corrected chi connectivity index (χ0v) is 11.0. The van der Waals surface area contributed by atoms with Crippen molar-refractivity contribution in [3.63, 3.8) is 0 Å². The number of hydrogen-bond acceptors (Lipinski definition) is 2. The summed E-state index contributed by atoms with van der Waals surface area (Å²) >= 11 is 0. The first-order chi connectivity index (χ1) is 7.69. The molecule has 98 valence electrons. The monoisotopic (exact) mass is 242 g/mol. The fourth-order valence-electron chi connectivity index (χ4n) is 1.76. The van der Waals surface area contributed by atoms with E-state index in [1.807, 2.05) is 0 Å². The van der Waals surface area contributed by atoms with Gasteiger partial charge in [0.05, 0.1) is 0 Å². The first kappa shape index (κ1) is 13.8. The van der Waals surface area contributed by atoms with E-state index in [0.717, 1.165) is 12.8 Å². The van der Waals surface area contributed by atoms with E-state index in [-0.39, 0.29) is 11.4 Å². The summed E-state index contributed by atoms with van der Waals surface area (Å²) in [7, 11) is 1.51. The van der Waals surface area contributed by atoms with Crippen LogP contribution in [0.5, 0.6) is 0 Å². The van der Waals surface area contributed by atoms with Crippen LogP contribution in [0.3, 0.4) is 0 Å². The van der Waals surface area contributed by atoms with Gasteiger partial charge in [0.2, 0.25) is 0 Å². The Labute approximate surface area is 102 Å². The lowest BCUT2D eigenvalue weighted by molar-refractivity contribution is -0.146. The molecule has 0 unspecified atom stereocenters. The molecule has 1 aliphatic rings. The Morgan fingerprint density at radius 2 is 1.94 bits per heavy atom. The van der Waals surface area contributed by atoms with Gasteiger partial charge in [-0.2, -0.15) is 0 Å². The van der Waals surface area contributed by atoms with Crippen molar-refractivity contribution in [3.05, 3.63) is 0 Å². The van der Waals surface area contributed by atoms with Gasteiger partial charge in [-0.05, 0) is 32.1 Å². The van der Waals surface area contributed by atoms with E-state index in [1.165, 1.54) is 32.2 Å². The number of likely N-dealkylation sites (N-methyl/N-ethyl adjacent to an activating group) is 1. The Morgan fingerprint density at radius 1 is 1.41 bits per heavy atom. The summed E-state index contributed by atoms with van der Waals surface area (Å²) in [5.41, 5.74) is -0.992. The van der Waals surface area contributed by atoms with E-state index < -0.39 is 11.5 Å². The molecule has 1 aliphatic carbocycles. The van der Waals surface area contributed by atoms with Crippen LogP contribution in [0.4, 0.5) is 4.79 Å². The third kappa shape index (κ3) is 2.90. The molecule has 0 saturated heterocycles. The van der Waals surface area contributed by atoms with E-state index in [1.54, 1.807) is 0 Å². The molecule has 5 heteroatoms. The molecule has 1 saturated carbocycles. The number of carbonyl (C=O) groups excluding carboxylic acids is 1. The number of carboxylic acid groups (broad SMARTS) is 1. The highest BCUT2D eigenvalue weighted by Gasteiger charge is 2.37. The van der Waals surface area contributed by atoms with Crippen LogP contribution in [0, 0.1) is 5.41 Å². The van der Waals surface area contributed by atoms with Crippen molar-refractivity contribution in [2.75, 3.05) is 13.6 Å². The normalized spacial score (nSPS) is 18.1. The van der Waals surface area contributed by atoms with Crippen molar-refractivity contribution in [2.45, 2.75) is 45.6 Å². The minimum atomic E-state index is -1.19. The van der Waals surface area contributed by atoms with Crippen LogP contribution >= 0.6 is 0 Å². The molecule has 2 amide bonds. The van der Waals surface area contributed by atoms with Crippen LogP contribution < -0.4 is 5.32 Å². The van der Waals surface area contributed by atoms with Crippen molar-refractivity contribution in [1.82, 2.24) is 10.2 Å². The highest BCUT2D eigenvalue weighted by Crippen LogP contribution is 2.39. The molecule has 0 atom stereocenters. The maximum absolute atomic E-state index is 11.8. The molecule has 0 aliphatic heterocycles. The van der Waals surface area contributed by atoms with Gasteiger partial charge >= 0.3 is 12.0 Å². The average Bonchev–Trinajstić information content (AvgIpc) is 2.21. The molecular formula is C12H22N2O3. The average molecular weight is 242 g/mol. The maximum Gasteiger partial charge on any atom is 0.329 e. The van der Waals surface area contributed by atoms with Crippen molar-refractivity contribution >= 4 is 12.0 Å². The Hall–Kier alpha value is -1.26. The second-order valence-corrected chi connectivity index (χ2v) is 5.75. The summed E-state index contributed by atoms with van der Waals surface area (Å²) in [6.45, 7) is 5.78. The highest BCUT2D eigenvalue weighted by molar-refractivity contribution is 5.85. The molecule has 0 aromatic rings. The lowest BCUT2D eigenvalue weighted by Crippen LogP contribution is -2.55. The summed E-state index contributed by atoms with van der Waals surface area (Å²) in [5.74, 6) is -1.01. The van der Waals surface area contributed by atoms with E-state index in [2.05, 4.69) is 12.2 Å². The Kier molecular flexibility index (Phi) is 3.69. The van der Waals surface area contributed by atoms with Crippen molar-refractivity contribution in [3.8, 4) is 0 Å². The molecule has 0 spiro atoms.